The van der Waals surface area contributed by atoms with Crippen molar-refractivity contribution in [3.8, 4) is 0 Å². The van der Waals surface area contributed by atoms with Gasteiger partial charge in [-0.25, -0.2) is 4.98 Å². The molecule has 0 spiro atoms. The first kappa shape index (κ1) is 16.4. The maximum Gasteiger partial charge on any atom is 0.231 e. The highest BCUT2D eigenvalue weighted by atomic mass is 16.4. The lowest BCUT2D eigenvalue weighted by atomic mass is 10.0. The van der Waals surface area contributed by atoms with Gasteiger partial charge in [-0.05, 0) is 33.5 Å². The van der Waals surface area contributed by atoms with Crippen molar-refractivity contribution in [2.75, 3.05) is 27.2 Å². The van der Waals surface area contributed by atoms with Crippen molar-refractivity contribution >= 4 is 11.6 Å². The molecule has 1 aromatic rings. The molecule has 0 aromatic carbocycles. The molecule has 0 fully saturated rings. The van der Waals surface area contributed by atoms with E-state index < -0.39 is 0 Å². The van der Waals surface area contributed by atoms with Gasteiger partial charge in [0.1, 0.15) is 0 Å². The molecule has 0 saturated carbocycles. The highest BCUT2D eigenvalue weighted by Gasteiger charge is 2.31. The third kappa shape index (κ3) is 3.82. The van der Waals surface area contributed by atoms with E-state index in [1.807, 2.05) is 6.92 Å². The fourth-order valence-electron chi connectivity index (χ4n) is 2.31. The number of rotatable bonds is 8. The Labute approximate surface area is 130 Å². The Kier molecular flexibility index (Phi) is 5.49. The third-order valence-corrected chi connectivity index (χ3v) is 3.53. The molecule has 2 rings (SSSR count). The molecule has 1 N–H and O–H groups in total. The first-order valence-corrected chi connectivity index (χ1v) is 7.72. The molecule has 0 amide bonds. The average Bonchev–Trinajstić information content (AvgIpc) is 2.92. The first-order valence-electron chi connectivity index (χ1n) is 7.72. The molecule has 1 heterocycles. The van der Waals surface area contributed by atoms with Gasteiger partial charge in [-0.15, -0.1) is 0 Å². The highest BCUT2D eigenvalue weighted by molar-refractivity contribution is 6.22. The Morgan fingerprint density at radius 2 is 2.00 bits per heavy atom. The number of nitrogens with one attached hydrogen (secondary N) is 1. The molecular weight excluding hydrogens is 282 g/mol. The van der Waals surface area contributed by atoms with Gasteiger partial charge < -0.3 is 14.6 Å². The van der Waals surface area contributed by atoms with E-state index in [1.54, 1.807) is 0 Å². The van der Waals surface area contributed by atoms with Crippen LogP contribution in [0.5, 0.6) is 0 Å². The molecule has 0 unspecified atom stereocenters. The summed E-state index contributed by atoms with van der Waals surface area (Å²) in [6, 6.07) is 0. The van der Waals surface area contributed by atoms with E-state index in [-0.39, 0.29) is 23.0 Å². The van der Waals surface area contributed by atoms with Gasteiger partial charge >= 0.3 is 0 Å². The predicted molar refractivity (Wildman–Crippen MR) is 83.0 cm³/mol. The number of carbonyl (C=O) groups is 2. The average molecular weight is 305 g/mol. The van der Waals surface area contributed by atoms with Crippen molar-refractivity contribution < 1.29 is 14.0 Å². The van der Waals surface area contributed by atoms with E-state index in [0.29, 0.717) is 24.6 Å². The maximum absolute atomic E-state index is 12.3. The molecule has 120 valence electrons. The van der Waals surface area contributed by atoms with Crippen LogP contribution in [0.3, 0.4) is 0 Å². The second kappa shape index (κ2) is 7.35. The van der Waals surface area contributed by atoms with Gasteiger partial charge in [0.2, 0.25) is 17.3 Å². The summed E-state index contributed by atoms with van der Waals surface area (Å²) < 4.78 is 5.31. The van der Waals surface area contributed by atoms with Crippen LogP contribution in [0.1, 0.15) is 53.1 Å². The van der Waals surface area contributed by atoms with Gasteiger partial charge in [-0.2, -0.15) is 0 Å². The first-order chi connectivity index (χ1) is 10.5. The van der Waals surface area contributed by atoms with Gasteiger partial charge in [0.15, 0.2) is 11.6 Å². The van der Waals surface area contributed by atoms with Crippen LogP contribution in [0, 0.1) is 0 Å². The van der Waals surface area contributed by atoms with E-state index in [1.165, 1.54) is 6.08 Å². The molecule has 0 radical (unpaired) electrons. The van der Waals surface area contributed by atoms with E-state index in [2.05, 4.69) is 29.3 Å². The van der Waals surface area contributed by atoms with Crippen LogP contribution in [0.25, 0.3) is 0 Å². The Bertz CT molecular complexity index is 587. The number of ketones is 2. The fourth-order valence-corrected chi connectivity index (χ4v) is 2.31. The Hall–Kier alpha value is -1.95. The van der Waals surface area contributed by atoms with Crippen molar-refractivity contribution in [2.45, 2.75) is 32.6 Å². The van der Waals surface area contributed by atoms with Crippen molar-refractivity contribution in [2.24, 2.45) is 0 Å². The standard InChI is InChI=1S/C16H23N3O3/c1-4-13-18-14-15(21)11(10-12(20)16(14)22-13)17-8-6-5-7-9-19(2)3/h10,17H,4-9H2,1-3H3. The van der Waals surface area contributed by atoms with Crippen molar-refractivity contribution in [1.82, 2.24) is 15.2 Å². The highest BCUT2D eigenvalue weighted by Crippen LogP contribution is 2.21. The van der Waals surface area contributed by atoms with Crippen LogP contribution in [0.4, 0.5) is 0 Å². The monoisotopic (exact) mass is 305 g/mol. The number of hydrogen-bond donors (Lipinski definition) is 1. The topological polar surface area (TPSA) is 75.4 Å². The van der Waals surface area contributed by atoms with E-state index in [4.69, 9.17) is 4.42 Å². The molecule has 22 heavy (non-hydrogen) atoms. The van der Waals surface area contributed by atoms with Crippen LogP contribution < -0.4 is 5.32 Å². The van der Waals surface area contributed by atoms with Gasteiger partial charge in [0.05, 0.1) is 5.70 Å². The SMILES string of the molecule is CCc1nc2c(o1)C(=O)C=C(NCCCCCN(C)C)C2=O. The molecule has 1 aliphatic rings. The zero-order valence-corrected chi connectivity index (χ0v) is 13.4. The lowest BCUT2D eigenvalue weighted by molar-refractivity contribution is 0.0959. The van der Waals surface area contributed by atoms with E-state index in [9.17, 15) is 9.59 Å². The number of Topliss-reactive ketones (excluding diaryl/α,β-unsaturated/α-hetero) is 1. The van der Waals surface area contributed by atoms with Crippen LogP contribution in [-0.4, -0.2) is 48.6 Å². The quantitative estimate of drug-likeness (QED) is 0.738. The molecule has 0 saturated heterocycles. The Morgan fingerprint density at radius 1 is 1.23 bits per heavy atom. The summed E-state index contributed by atoms with van der Waals surface area (Å²) >= 11 is 0. The second-order valence-corrected chi connectivity index (χ2v) is 5.68. The summed E-state index contributed by atoms with van der Waals surface area (Å²) in [4.78, 5) is 30.5. The van der Waals surface area contributed by atoms with Gasteiger partial charge in [0, 0.05) is 19.0 Å². The number of unbranched alkanes of at least 4 members (excludes halogenated alkanes) is 2. The van der Waals surface area contributed by atoms with Crippen molar-refractivity contribution in [3.05, 3.63) is 29.1 Å². The molecule has 6 nitrogen and oxygen atoms in total. The molecule has 1 aromatic heterocycles. The molecule has 6 heteroatoms. The number of fused-ring (bicyclic) bond motifs is 1. The Morgan fingerprint density at radius 3 is 2.68 bits per heavy atom. The smallest absolute Gasteiger partial charge is 0.231 e. The number of aryl methyl sites for hydroxylation is 1. The normalized spacial score (nSPS) is 14.3. The zero-order valence-electron chi connectivity index (χ0n) is 13.4. The van der Waals surface area contributed by atoms with Crippen LogP contribution in [-0.2, 0) is 6.42 Å². The maximum atomic E-state index is 12.3. The molecule has 0 bridgehead atoms. The Balaban J connectivity index is 1.87. The van der Waals surface area contributed by atoms with Crippen LogP contribution in [0.2, 0.25) is 0 Å². The predicted octanol–water partition coefficient (Wildman–Crippen LogP) is 1.82. The molecule has 0 aliphatic heterocycles. The summed E-state index contributed by atoms with van der Waals surface area (Å²) in [5.74, 6) is -0.0633. The minimum Gasteiger partial charge on any atom is -0.436 e. The molecular formula is C16H23N3O3. The second-order valence-electron chi connectivity index (χ2n) is 5.68. The number of hydrogen-bond acceptors (Lipinski definition) is 6. The number of nitrogens with zero attached hydrogens (tertiary/aromatic N) is 2. The lowest BCUT2D eigenvalue weighted by Gasteiger charge is -2.12. The van der Waals surface area contributed by atoms with Gasteiger partial charge in [-0.1, -0.05) is 13.3 Å². The largest absolute Gasteiger partial charge is 0.436 e. The van der Waals surface area contributed by atoms with Crippen LogP contribution in [0.15, 0.2) is 16.2 Å². The summed E-state index contributed by atoms with van der Waals surface area (Å²) in [5, 5.41) is 3.05. The lowest BCUT2D eigenvalue weighted by Crippen LogP contribution is -2.27. The van der Waals surface area contributed by atoms with Gasteiger partial charge in [-0.3, -0.25) is 9.59 Å². The fraction of sp³-hybridized carbons (Fsp3) is 0.562. The summed E-state index contributed by atoms with van der Waals surface area (Å²) in [6.45, 7) is 3.60. The van der Waals surface area contributed by atoms with Crippen molar-refractivity contribution in [3.63, 3.8) is 0 Å². The minimum absolute atomic E-state index is 0.0679. The number of aromatic nitrogens is 1. The summed E-state index contributed by atoms with van der Waals surface area (Å²) in [5.41, 5.74) is 0.459. The zero-order chi connectivity index (χ0) is 16.1. The minimum atomic E-state index is -0.295. The van der Waals surface area contributed by atoms with E-state index >= 15 is 0 Å². The van der Waals surface area contributed by atoms with Crippen molar-refractivity contribution in [1.29, 1.82) is 0 Å². The number of allylic oxidation sites excluding steroid dienone is 2. The molecule has 1 aliphatic carbocycles. The summed E-state index contributed by atoms with van der Waals surface area (Å²) in [7, 11) is 4.10. The number of carbonyl (C=O) groups excluding carboxylic acids is 2. The van der Waals surface area contributed by atoms with Crippen LogP contribution >= 0.6 is 0 Å². The van der Waals surface area contributed by atoms with Gasteiger partial charge in [0.25, 0.3) is 0 Å². The van der Waals surface area contributed by atoms with E-state index in [0.717, 1.165) is 25.8 Å². The third-order valence-electron chi connectivity index (χ3n) is 3.53. The molecule has 0 atom stereocenters. The summed E-state index contributed by atoms with van der Waals surface area (Å²) in [6.07, 6.45) is 5.03. The number of oxazole rings is 1.